The Morgan fingerprint density at radius 2 is 2.27 bits per heavy atom. The molecule has 0 bridgehead atoms. The molecule has 1 nitrogen and oxygen atoms in total. The van der Waals surface area contributed by atoms with Gasteiger partial charge in [0.2, 0.25) is 0 Å². The molecule has 1 heterocycles. The molecule has 0 radical (unpaired) electrons. The van der Waals surface area contributed by atoms with Crippen LogP contribution in [0, 0.1) is 0 Å². The minimum Gasteiger partial charge on any atom is -0.376 e. The summed E-state index contributed by atoms with van der Waals surface area (Å²) in [5.74, 6) is 0. The molecule has 2 aliphatic rings. The summed E-state index contributed by atoms with van der Waals surface area (Å²) in [6, 6.07) is 0. The van der Waals surface area contributed by atoms with Crippen molar-refractivity contribution in [2.45, 2.75) is 12.8 Å². The molecule has 11 heavy (non-hydrogen) atoms. The van der Waals surface area contributed by atoms with Crippen molar-refractivity contribution in [1.82, 2.24) is 0 Å². The first-order valence-electron chi connectivity index (χ1n) is 4.09. The van der Waals surface area contributed by atoms with Gasteiger partial charge in [0.05, 0.1) is 13.2 Å². The van der Waals surface area contributed by atoms with Crippen LogP contribution in [0.3, 0.4) is 0 Å². The van der Waals surface area contributed by atoms with Crippen molar-refractivity contribution in [1.29, 1.82) is 0 Å². The first-order valence-corrected chi connectivity index (χ1v) is 4.09. The van der Waals surface area contributed by atoms with Gasteiger partial charge in [-0.3, -0.25) is 0 Å². The molecule has 0 fully saturated rings. The number of fused-ring (bicyclic) bond motifs is 1. The lowest BCUT2D eigenvalue weighted by Crippen LogP contribution is -1.99. The Hall–Kier alpha value is -0.820. The maximum atomic E-state index is 5.41. The molecule has 58 valence electrons. The second-order valence-corrected chi connectivity index (χ2v) is 2.89. The van der Waals surface area contributed by atoms with Gasteiger partial charge in [-0.15, -0.1) is 0 Å². The second kappa shape index (κ2) is 3.05. The average Bonchev–Trinajstić information content (AvgIpc) is 2.28. The van der Waals surface area contributed by atoms with Crippen LogP contribution in [-0.2, 0) is 4.74 Å². The highest BCUT2D eigenvalue weighted by molar-refractivity contribution is 5.39. The summed E-state index contributed by atoms with van der Waals surface area (Å²) in [5.41, 5.74) is 2.83. The molecule has 0 atom stereocenters. The molecule has 1 aliphatic heterocycles. The van der Waals surface area contributed by atoms with E-state index in [1.165, 1.54) is 11.1 Å². The molecule has 0 N–H and O–H groups in total. The van der Waals surface area contributed by atoms with E-state index >= 15 is 0 Å². The van der Waals surface area contributed by atoms with Crippen LogP contribution < -0.4 is 0 Å². The van der Waals surface area contributed by atoms with Crippen LogP contribution in [0.15, 0.2) is 35.5 Å². The Bertz CT molecular complexity index is 233. The molecular formula is C10H12O. The quantitative estimate of drug-likeness (QED) is 0.512. The van der Waals surface area contributed by atoms with Crippen molar-refractivity contribution in [2.24, 2.45) is 0 Å². The van der Waals surface area contributed by atoms with Gasteiger partial charge in [0.15, 0.2) is 0 Å². The van der Waals surface area contributed by atoms with Crippen LogP contribution in [0.4, 0.5) is 0 Å². The highest BCUT2D eigenvalue weighted by Crippen LogP contribution is 2.22. The van der Waals surface area contributed by atoms with Crippen molar-refractivity contribution in [2.75, 3.05) is 13.2 Å². The predicted molar refractivity (Wildman–Crippen MR) is 45.4 cm³/mol. The van der Waals surface area contributed by atoms with Gasteiger partial charge in [-0.2, -0.15) is 0 Å². The van der Waals surface area contributed by atoms with Gasteiger partial charge < -0.3 is 4.74 Å². The van der Waals surface area contributed by atoms with Crippen molar-refractivity contribution in [3.8, 4) is 0 Å². The van der Waals surface area contributed by atoms with Crippen LogP contribution in [0.25, 0.3) is 0 Å². The normalized spacial score (nSPS) is 23.3. The third-order valence-corrected chi connectivity index (χ3v) is 2.09. The van der Waals surface area contributed by atoms with E-state index in [1.54, 1.807) is 0 Å². The van der Waals surface area contributed by atoms with E-state index in [4.69, 9.17) is 4.74 Å². The van der Waals surface area contributed by atoms with E-state index in [2.05, 4.69) is 24.3 Å². The number of hydrogen-bond acceptors (Lipinski definition) is 1. The highest BCUT2D eigenvalue weighted by atomic mass is 16.5. The monoisotopic (exact) mass is 148 g/mol. The smallest absolute Gasteiger partial charge is 0.0719 e. The lowest BCUT2D eigenvalue weighted by molar-refractivity contribution is 0.166. The van der Waals surface area contributed by atoms with E-state index < -0.39 is 0 Å². The standard InChI is InChI=1S/C10H12O/c1-2-5-10-8-11-7-3-6-9(10)4-1/h1-2,5-6H,3-4,7-8H2. The van der Waals surface area contributed by atoms with Gasteiger partial charge in [0.25, 0.3) is 0 Å². The Kier molecular flexibility index (Phi) is 1.91. The predicted octanol–water partition coefficient (Wildman–Crippen LogP) is 2.22. The van der Waals surface area contributed by atoms with E-state index in [0.29, 0.717) is 0 Å². The largest absolute Gasteiger partial charge is 0.376 e. The fourth-order valence-corrected chi connectivity index (χ4v) is 1.47. The lowest BCUT2D eigenvalue weighted by Gasteiger charge is -2.09. The molecule has 0 aromatic heterocycles. The molecule has 0 saturated carbocycles. The molecule has 0 unspecified atom stereocenters. The summed E-state index contributed by atoms with van der Waals surface area (Å²) in [7, 11) is 0. The fraction of sp³-hybridized carbons (Fsp3) is 0.400. The summed E-state index contributed by atoms with van der Waals surface area (Å²) < 4.78 is 5.41. The highest BCUT2D eigenvalue weighted by Gasteiger charge is 2.08. The van der Waals surface area contributed by atoms with Crippen LogP contribution in [-0.4, -0.2) is 13.2 Å². The van der Waals surface area contributed by atoms with Crippen molar-refractivity contribution in [3.05, 3.63) is 35.5 Å². The Balaban J connectivity index is 2.25. The molecular weight excluding hydrogens is 136 g/mol. The van der Waals surface area contributed by atoms with Crippen LogP contribution in [0.5, 0.6) is 0 Å². The molecule has 1 aliphatic carbocycles. The minimum absolute atomic E-state index is 0.802. The van der Waals surface area contributed by atoms with Crippen molar-refractivity contribution >= 4 is 0 Å². The number of ether oxygens (including phenoxy) is 1. The second-order valence-electron chi connectivity index (χ2n) is 2.89. The van der Waals surface area contributed by atoms with Gasteiger partial charge >= 0.3 is 0 Å². The number of hydrogen-bond donors (Lipinski definition) is 0. The van der Waals surface area contributed by atoms with E-state index in [0.717, 1.165) is 26.1 Å². The SMILES string of the molecule is C1=CCC2=CCCOCC2=C1. The van der Waals surface area contributed by atoms with Crippen molar-refractivity contribution < 1.29 is 4.74 Å². The Morgan fingerprint density at radius 1 is 1.27 bits per heavy atom. The van der Waals surface area contributed by atoms with Gasteiger partial charge in [0.1, 0.15) is 0 Å². The van der Waals surface area contributed by atoms with E-state index in [1.807, 2.05) is 0 Å². The zero-order valence-corrected chi connectivity index (χ0v) is 6.55. The fourth-order valence-electron chi connectivity index (χ4n) is 1.47. The maximum absolute atomic E-state index is 5.41. The van der Waals surface area contributed by atoms with E-state index in [9.17, 15) is 0 Å². The average molecular weight is 148 g/mol. The summed E-state index contributed by atoms with van der Waals surface area (Å²) in [5, 5.41) is 0. The summed E-state index contributed by atoms with van der Waals surface area (Å²) in [6.45, 7) is 1.68. The Labute approximate surface area is 67.1 Å². The molecule has 0 saturated heterocycles. The van der Waals surface area contributed by atoms with E-state index in [-0.39, 0.29) is 0 Å². The maximum Gasteiger partial charge on any atom is 0.0719 e. The lowest BCUT2D eigenvalue weighted by atomic mass is 9.98. The zero-order chi connectivity index (χ0) is 7.52. The summed E-state index contributed by atoms with van der Waals surface area (Å²) in [4.78, 5) is 0. The molecule has 2 rings (SSSR count). The van der Waals surface area contributed by atoms with Crippen LogP contribution >= 0.6 is 0 Å². The third kappa shape index (κ3) is 1.43. The molecule has 0 amide bonds. The topological polar surface area (TPSA) is 9.23 Å². The first kappa shape index (κ1) is 6.86. The number of allylic oxidation sites excluding steroid dienone is 3. The summed E-state index contributed by atoms with van der Waals surface area (Å²) >= 11 is 0. The van der Waals surface area contributed by atoms with Gasteiger partial charge in [-0.05, 0) is 24.0 Å². The Morgan fingerprint density at radius 3 is 3.27 bits per heavy atom. The van der Waals surface area contributed by atoms with Crippen molar-refractivity contribution in [3.63, 3.8) is 0 Å². The third-order valence-electron chi connectivity index (χ3n) is 2.09. The van der Waals surface area contributed by atoms with Crippen LogP contribution in [0.1, 0.15) is 12.8 Å². The van der Waals surface area contributed by atoms with Gasteiger partial charge in [0, 0.05) is 0 Å². The number of rotatable bonds is 0. The first-order chi connectivity index (χ1) is 5.47. The molecule has 0 aromatic carbocycles. The van der Waals surface area contributed by atoms with Gasteiger partial charge in [-0.25, -0.2) is 0 Å². The molecule has 0 aromatic rings. The minimum atomic E-state index is 0.802. The van der Waals surface area contributed by atoms with Gasteiger partial charge in [-0.1, -0.05) is 24.3 Å². The zero-order valence-electron chi connectivity index (χ0n) is 6.55. The molecule has 0 spiro atoms. The summed E-state index contributed by atoms with van der Waals surface area (Å²) in [6.07, 6.45) is 10.9. The van der Waals surface area contributed by atoms with Crippen LogP contribution in [0.2, 0.25) is 0 Å². The molecule has 1 heteroatoms.